The Hall–Kier alpha value is -1.51. The molecule has 1 aromatic rings. The van der Waals surface area contributed by atoms with Crippen molar-refractivity contribution in [3.05, 3.63) is 29.8 Å². The summed E-state index contributed by atoms with van der Waals surface area (Å²) in [5.41, 5.74) is 7.05. The van der Waals surface area contributed by atoms with E-state index in [9.17, 15) is 4.79 Å². The van der Waals surface area contributed by atoms with Crippen molar-refractivity contribution >= 4 is 11.6 Å². The molecule has 104 valence electrons. The largest absolute Gasteiger partial charge is 0.399 e. The molecule has 0 spiro atoms. The summed E-state index contributed by atoms with van der Waals surface area (Å²) >= 11 is 0. The lowest BCUT2D eigenvalue weighted by Gasteiger charge is -2.24. The van der Waals surface area contributed by atoms with E-state index in [1.54, 1.807) is 24.3 Å². The number of hydrogen-bond donors (Lipinski definition) is 1. The molecule has 0 saturated heterocycles. The topological polar surface area (TPSA) is 46.3 Å². The van der Waals surface area contributed by atoms with Gasteiger partial charge in [-0.3, -0.25) is 4.79 Å². The van der Waals surface area contributed by atoms with E-state index in [-0.39, 0.29) is 5.91 Å². The number of nitrogens with two attached hydrogens (primary N) is 1. The van der Waals surface area contributed by atoms with E-state index in [2.05, 4.69) is 0 Å². The molecule has 1 amide bonds. The lowest BCUT2D eigenvalue weighted by Crippen LogP contribution is -2.29. The van der Waals surface area contributed by atoms with E-state index < -0.39 is 0 Å². The van der Waals surface area contributed by atoms with Crippen molar-refractivity contribution in [1.29, 1.82) is 0 Å². The summed E-state index contributed by atoms with van der Waals surface area (Å²) in [6.45, 7) is 0.855. The number of benzene rings is 1. The van der Waals surface area contributed by atoms with Gasteiger partial charge in [-0.15, -0.1) is 0 Å². The molecule has 1 aliphatic carbocycles. The van der Waals surface area contributed by atoms with Crippen LogP contribution in [0.1, 0.15) is 48.9 Å². The van der Waals surface area contributed by atoms with Crippen LogP contribution in [0.25, 0.3) is 0 Å². The van der Waals surface area contributed by atoms with E-state index in [0.717, 1.165) is 24.4 Å². The van der Waals surface area contributed by atoms with Crippen molar-refractivity contribution in [2.75, 3.05) is 19.3 Å². The maximum Gasteiger partial charge on any atom is 0.253 e. The Morgan fingerprint density at radius 3 is 2.47 bits per heavy atom. The average molecular weight is 260 g/mol. The molecule has 3 nitrogen and oxygen atoms in total. The molecule has 1 saturated carbocycles. The minimum Gasteiger partial charge on any atom is -0.399 e. The lowest BCUT2D eigenvalue weighted by molar-refractivity contribution is 0.0784. The number of carbonyl (C=O) groups excluding carboxylic acids is 1. The fraction of sp³-hybridized carbons (Fsp3) is 0.562. The number of hydrogen-bond acceptors (Lipinski definition) is 2. The van der Waals surface area contributed by atoms with Crippen LogP contribution >= 0.6 is 0 Å². The number of nitrogen functional groups attached to an aromatic ring is 1. The van der Waals surface area contributed by atoms with Crippen LogP contribution in [0.5, 0.6) is 0 Å². The van der Waals surface area contributed by atoms with Gasteiger partial charge in [0, 0.05) is 24.8 Å². The molecular formula is C16H24N2O. The van der Waals surface area contributed by atoms with Crippen LogP contribution in [0.2, 0.25) is 0 Å². The second-order valence-corrected chi connectivity index (χ2v) is 5.64. The molecule has 1 aliphatic rings. The van der Waals surface area contributed by atoms with Crippen LogP contribution in [0.4, 0.5) is 5.69 Å². The molecule has 0 heterocycles. The number of carbonyl (C=O) groups is 1. The molecule has 0 aliphatic heterocycles. The van der Waals surface area contributed by atoms with Crippen LogP contribution in [-0.4, -0.2) is 24.4 Å². The van der Waals surface area contributed by atoms with E-state index in [1.165, 1.54) is 32.1 Å². The van der Waals surface area contributed by atoms with Crippen molar-refractivity contribution in [3.8, 4) is 0 Å². The van der Waals surface area contributed by atoms with Gasteiger partial charge in [0.1, 0.15) is 0 Å². The molecule has 2 rings (SSSR count). The maximum atomic E-state index is 12.2. The van der Waals surface area contributed by atoms with Crippen LogP contribution in [0, 0.1) is 5.92 Å². The van der Waals surface area contributed by atoms with Gasteiger partial charge >= 0.3 is 0 Å². The number of amides is 1. The standard InChI is InChI=1S/C16H24N2O/c1-18(12-11-13-5-3-2-4-6-13)16(19)14-7-9-15(17)10-8-14/h7-10,13H,2-6,11-12,17H2,1H3. The summed E-state index contributed by atoms with van der Waals surface area (Å²) in [4.78, 5) is 14.0. The highest BCUT2D eigenvalue weighted by Crippen LogP contribution is 2.26. The van der Waals surface area contributed by atoms with E-state index in [4.69, 9.17) is 5.73 Å². The van der Waals surface area contributed by atoms with Crippen molar-refractivity contribution in [2.24, 2.45) is 5.92 Å². The normalized spacial score (nSPS) is 16.3. The highest BCUT2D eigenvalue weighted by Gasteiger charge is 2.16. The second-order valence-electron chi connectivity index (χ2n) is 5.64. The summed E-state index contributed by atoms with van der Waals surface area (Å²) in [5.74, 6) is 0.909. The Bertz CT molecular complexity index is 407. The van der Waals surface area contributed by atoms with Gasteiger partial charge in [-0.1, -0.05) is 32.1 Å². The van der Waals surface area contributed by atoms with Crippen molar-refractivity contribution in [2.45, 2.75) is 38.5 Å². The molecule has 0 unspecified atom stereocenters. The average Bonchev–Trinajstić information content (AvgIpc) is 2.46. The first kappa shape index (κ1) is 13.9. The smallest absolute Gasteiger partial charge is 0.253 e. The van der Waals surface area contributed by atoms with Gasteiger partial charge in [-0.2, -0.15) is 0 Å². The molecule has 3 heteroatoms. The van der Waals surface area contributed by atoms with Gasteiger partial charge in [-0.05, 0) is 36.6 Å². The summed E-state index contributed by atoms with van der Waals surface area (Å²) in [6.07, 6.45) is 7.92. The van der Waals surface area contributed by atoms with Gasteiger partial charge in [0.25, 0.3) is 5.91 Å². The first-order chi connectivity index (χ1) is 9.16. The van der Waals surface area contributed by atoms with Gasteiger partial charge in [-0.25, -0.2) is 0 Å². The third-order valence-corrected chi connectivity index (χ3v) is 4.10. The Kier molecular flexibility index (Phi) is 4.83. The van der Waals surface area contributed by atoms with Crippen LogP contribution in [0.15, 0.2) is 24.3 Å². The zero-order valence-electron chi connectivity index (χ0n) is 11.8. The first-order valence-electron chi connectivity index (χ1n) is 7.28. The Morgan fingerprint density at radius 2 is 1.84 bits per heavy atom. The van der Waals surface area contributed by atoms with Gasteiger partial charge in [0.05, 0.1) is 0 Å². The Labute approximate surface area is 115 Å². The first-order valence-corrected chi connectivity index (χ1v) is 7.28. The summed E-state index contributed by atoms with van der Waals surface area (Å²) in [5, 5.41) is 0. The monoisotopic (exact) mass is 260 g/mol. The molecule has 0 bridgehead atoms. The quantitative estimate of drug-likeness (QED) is 0.844. The molecule has 0 aromatic heterocycles. The highest BCUT2D eigenvalue weighted by molar-refractivity contribution is 5.94. The van der Waals surface area contributed by atoms with Gasteiger partial charge in [0.2, 0.25) is 0 Å². The molecule has 1 fully saturated rings. The number of rotatable bonds is 4. The number of nitrogens with zero attached hydrogens (tertiary/aromatic N) is 1. The Balaban J connectivity index is 1.83. The minimum absolute atomic E-state index is 0.0933. The predicted octanol–water partition coefficient (Wildman–Crippen LogP) is 3.31. The fourth-order valence-electron chi connectivity index (χ4n) is 2.80. The molecule has 19 heavy (non-hydrogen) atoms. The maximum absolute atomic E-state index is 12.2. The third kappa shape index (κ3) is 3.98. The SMILES string of the molecule is CN(CCC1CCCCC1)C(=O)c1ccc(N)cc1. The summed E-state index contributed by atoms with van der Waals surface area (Å²) in [7, 11) is 1.89. The zero-order valence-corrected chi connectivity index (χ0v) is 11.8. The van der Waals surface area contributed by atoms with E-state index in [0.29, 0.717) is 5.69 Å². The van der Waals surface area contributed by atoms with Crippen molar-refractivity contribution in [1.82, 2.24) is 4.90 Å². The van der Waals surface area contributed by atoms with Crippen LogP contribution < -0.4 is 5.73 Å². The van der Waals surface area contributed by atoms with Gasteiger partial charge in [0.15, 0.2) is 0 Å². The predicted molar refractivity (Wildman–Crippen MR) is 79.0 cm³/mol. The summed E-state index contributed by atoms with van der Waals surface area (Å²) < 4.78 is 0. The Morgan fingerprint density at radius 1 is 1.21 bits per heavy atom. The van der Waals surface area contributed by atoms with Crippen molar-refractivity contribution < 1.29 is 4.79 Å². The lowest BCUT2D eigenvalue weighted by atomic mass is 9.87. The highest BCUT2D eigenvalue weighted by atomic mass is 16.2. The second kappa shape index (κ2) is 6.60. The van der Waals surface area contributed by atoms with E-state index in [1.807, 2.05) is 11.9 Å². The fourth-order valence-corrected chi connectivity index (χ4v) is 2.80. The summed E-state index contributed by atoms with van der Waals surface area (Å²) in [6, 6.07) is 7.16. The van der Waals surface area contributed by atoms with Crippen molar-refractivity contribution in [3.63, 3.8) is 0 Å². The molecule has 0 atom stereocenters. The molecule has 2 N–H and O–H groups in total. The van der Waals surface area contributed by atoms with E-state index >= 15 is 0 Å². The third-order valence-electron chi connectivity index (χ3n) is 4.10. The van der Waals surface area contributed by atoms with Crippen LogP contribution in [0.3, 0.4) is 0 Å². The number of anilines is 1. The molecule has 1 aromatic carbocycles. The molecule has 0 radical (unpaired) electrons. The zero-order chi connectivity index (χ0) is 13.7. The van der Waals surface area contributed by atoms with Gasteiger partial charge < -0.3 is 10.6 Å². The molecular weight excluding hydrogens is 236 g/mol. The van der Waals surface area contributed by atoms with Crippen LogP contribution in [-0.2, 0) is 0 Å². The minimum atomic E-state index is 0.0933.